The van der Waals surface area contributed by atoms with Crippen molar-refractivity contribution in [1.82, 2.24) is 4.90 Å². The largest absolute Gasteiger partial charge is 0.507 e. The highest BCUT2D eigenvalue weighted by molar-refractivity contribution is 6.46. The number of hydrogen-bond acceptors (Lipinski definition) is 6. The second kappa shape index (κ2) is 9.57. The van der Waals surface area contributed by atoms with E-state index in [0.29, 0.717) is 55.4 Å². The van der Waals surface area contributed by atoms with Crippen LogP contribution in [0.5, 0.6) is 17.2 Å². The lowest BCUT2D eigenvalue weighted by atomic mass is 9.94. The van der Waals surface area contributed by atoms with Gasteiger partial charge in [0.15, 0.2) is 11.5 Å². The van der Waals surface area contributed by atoms with Crippen LogP contribution in [0.3, 0.4) is 0 Å². The lowest BCUT2D eigenvalue weighted by Crippen LogP contribution is -2.30. The van der Waals surface area contributed by atoms with Gasteiger partial charge in [-0.15, -0.1) is 0 Å². The molecule has 0 saturated carbocycles. The summed E-state index contributed by atoms with van der Waals surface area (Å²) in [6.07, 6.45) is 1.56. The molecule has 0 spiro atoms. The van der Waals surface area contributed by atoms with Crippen molar-refractivity contribution in [3.63, 3.8) is 0 Å². The lowest BCUT2D eigenvalue weighted by Gasteiger charge is -2.26. The van der Waals surface area contributed by atoms with E-state index in [-0.39, 0.29) is 11.3 Å². The number of aliphatic hydroxyl groups excluding tert-OH is 1. The van der Waals surface area contributed by atoms with Gasteiger partial charge in [0.1, 0.15) is 24.7 Å². The molecule has 0 radical (unpaired) electrons. The number of Topliss-reactive ketones (excluding diaryl/α,β-unsaturated/α-hetero) is 1. The number of rotatable bonds is 7. The fourth-order valence-electron chi connectivity index (χ4n) is 4.25. The summed E-state index contributed by atoms with van der Waals surface area (Å²) in [5, 5.41) is 11.2. The first kappa shape index (κ1) is 22.7. The van der Waals surface area contributed by atoms with E-state index in [4.69, 9.17) is 14.2 Å². The first-order chi connectivity index (χ1) is 16.0. The Morgan fingerprint density at radius 2 is 1.82 bits per heavy atom. The molecule has 7 nitrogen and oxygen atoms in total. The highest BCUT2D eigenvalue weighted by Gasteiger charge is 2.46. The highest BCUT2D eigenvalue weighted by atomic mass is 16.6. The maximum absolute atomic E-state index is 13.1. The Morgan fingerprint density at radius 1 is 1.06 bits per heavy atom. The molecule has 1 amide bonds. The van der Waals surface area contributed by atoms with Crippen LogP contribution in [-0.4, -0.2) is 48.1 Å². The van der Waals surface area contributed by atoms with Crippen molar-refractivity contribution in [2.75, 3.05) is 26.4 Å². The molecule has 2 aromatic rings. The molecule has 0 aliphatic carbocycles. The molecule has 2 aliphatic heterocycles. The van der Waals surface area contributed by atoms with Gasteiger partial charge < -0.3 is 24.2 Å². The summed E-state index contributed by atoms with van der Waals surface area (Å²) in [4.78, 5) is 27.5. The Morgan fingerprint density at radius 3 is 2.52 bits per heavy atom. The molecular formula is C26H29NO6. The fraction of sp³-hybridized carbons (Fsp3) is 0.385. The number of amides is 1. The zero-order chi connectivity index (χ0) is 23.5. The van der Waals surface area contributed by atoms with Crippen LogP contribution < -0.4 is 14.2 Å². The molecule has 1 fully saturated rings. The van der Waals surface area contributed by atoms with Crippen molar-refractivity contribution in [2.24, 2.45) is 0 Å². The molecule has 1 saturated heterocycles. The van der Waals surface area contributed by atoms with Gasteiger partial charge in [-0.3, -0.25) is 9.59 Å². The topological polar surface area (TPSA) is 85.3 Å². The molecule has 2 heterocycles. The van der Waals surface area contributed by atoms with Gasteiger partial charge >= 0.3 is 0 Å². The van der Waals surface area contributed by atoms with Crippen molar-refractivity contribution in [3.8, 4) is 17.2 Å². The van der Waals surface area contributed by atoms with Gasteiger partial charge in [-0.2, -0.15) is 0 Å². The van der Waals surface area contributed by atoms with E-state index in [1.165, 1.54) is 4.90 Å². The van der Waals surface area contributed by atoms with Gasteiger partial charge in [-0.05, 0) is 61.2 Å². The Labute approximate surface area is 193 Å². The summed E-state index contributed by atoms with van der Waals surface area (Å²) in [7, 11) is 0. The zero-order valence-electron chi connectivity index (χ0n) is 19.2. The summed E-state index contributed by atoms with van der Waals surface area (Å²) >= 11 is 0. The van der Waals surface area contributed by atoms with Crippen LogP contribution in [0.25, 0.3) is 5.76 Å². The number of aliphatic hydroxyl groups is 1. The van der Waals surface area contributed by atoms with Gasteiger partial charge in [0, 0.05) is 12.1 Å². The molecule has 1 N–H and O–H groups in total. The highest BCUT2D eigenvalue weighted by Crippen LogP contribution is 2.42. The number of ether oxygens (including phenoxy) is 3. The van der Waals surface area contributed by atoms with Crippen LogP contribution in [0.15, 0.2) is 42.0 Å². The van der Waals surface area contributed by atoms with E-state index in [9.17, 15) is 14.7 Å². The molecule has 7 heteroatoms. The minimum Gasteiger partial charge on any atom is -0.507 e. The molecule has 174 valence electrons. The second-order valence-electron chi connectivity index (χ2n) is 8.22. The number of hydrogen-bond donors (Lipinski definition) is 1. The number of ketones is 1. The SMILES string of the molecule is CCCOc1ccc(/C(O)=C2/C(=O)C(=O)N(CCC)C2c2ccc3c(c2)OCCO3)cc1C. The minimum atomic E-state index is -0.711. The van der Waals surface area contributed by atoms with Gasteiger partial charge in [0.2, 0.25) is 0 Å². The van der Waals surface area contributed by atoms with Crippen LogP contribution in [-0.2, 0) is 9.59 Å². The van der Waals surface area contributed by atoms with Gasteiger partial charge in [0.25, 0.3) is 11.7 Å². The van der Waals surface area contributed by atoms with Gasteiger partial charge in [0.05, 0.1) is 18.2 Å². The normalized spacial score (nSPS) is 19.1. The second-order valence-corrected chi connectivity index (χ2v) is 8.22. The maximum Gasteiger partial charge on any atom is 0.295 e. The van der Waals surface area contributed by atoms with Crippen LogP contribution in [0, 0.1) is 6.92 Å². The third-order valence-electron chi connectivity index (χ3n) is 5.80. The third-order valence-corrected chi connectivity index (χ3v) is 5.80. The van der Waals surface area contributed by atoms with E-state index in [0.717, 1.165) is 17.7 Å². The van der Waals surface area contributed by atoms with Crippen molar-refractivity contribution < 1.29 is 28.9 Å². The molecule has 2 aliphatic rings. The van der Waals surface area contributed by atoms with Gasteiger partial charge in [-0.1, -0.05) is 19.9 Å². The first-order valence-corrected chi connectivity index (χ1v) is 11.4. The molecule has 1 atom stereocenters. The quantitative estimate of drug-likeness (QED) is 0.382. The summed E-state index contributed by atoms with van der Waals surface area (Å²) in [5.41, 5.74) is 2.07. The number of fused-ring (bicyclic) bond motifs is 1. The number of nitrogens with zero attached hydrogens (tertiary/aromatic N) is 1. The van der Waals surface area contributed by atoms with E-state index >= 15 is 0 Å². The van der Waals surface area contributed by atoms with E-state index in [2.05, 4.69) is 0 Å². The summed E-state index contributed by atoms with van der Waals surface area (Å²) in [6, 6.07) is 9.93. The van der Waals surface area contributed by atoms with Gasteiger partial charge in [-0.25, -0.2) is 0 Å². The number of aryl methyl sites for hydroxylation is 1. The van der Waals surface area contributed by atoms with E-state index in [1.54, 1.807) is 30.3 Å². The number of likely N-dealkylation sites (tertiary alicyclic amines) is 1. The third kappa shape index (κ3) is 4.27. The van der Waals surface area contributed by atoms with Crippen LogP contribution >= 0.6 is 0 Å². The number of carbonyl (C=O) groups excluding carboxylic acids is 2. The average molecular weight is 452 g/mol. The molecular weight excluding hydrogens is 422 g/mol. The van der Waals surface area contributed by atoms with Crippen LogP contribution in [0.4, 0.5) is 0 Å². The van der Waals surface area contributed by atoms with Crippen molar-refractivity contribution >= 4 is 17.4 Å². The van der Waals surface area contributed by atoms with Crippen LogP contribution in [0.2, 0.25) is 0 Å². The molecule has 0 bridgehead atoms. The zero-order valence-corrected chi connectivity index (χ0v) is 19.2. The van der Waals surface area contributed by atoms with E-state index < -0.39 is 17.7 Å². The summed E-state index contributed by atoms with van der Waals surface area (Å²) < 4.78 is 17.0. The Bertz CT molecular complexity index is 1110. The Hall–Kier alpha value is -3.48. The maximum atomic E-state index is 13.1. The predicted octanol–water partition coefficient (Wildman–Crippen LogP) is 4.39. The monoisotopic (exact) mass is 451 g/mol. The van der Waals surface area contributed by atoms with Crippen molar-refractivity contribution in [1.29, 1.82) is 0 Å². The molecule has 1 unspecified atom stereocenters. The smallest absolute Gasteiger partial charge is 0.295 e. The number of carbonyl (C=O) groups is 2. The lowest BCUT2D eigenvalue weighted by molar-refractivity contribution is -0.139. The standard InChI is InChI=1S/C26H29NO6/c1-4-10-27-23(17-6-9-20-21(15-17)33-13-12-32-20)22(25(29)26(27)30)24(28)18-7-8-19(16(3)14-18)31-11-5-2/h6-9,14-15,23,28H,4-5,10-13H2,1-3H3/b24-22-. The minimum absolute atomic E-state index is 0.0757. The molecule has 33 heavy (non-hydrogen) atoms. The Kier molecular flexibility index (Phi) is 6.58. The first-order valence-electron chi connectivity index (χ1n) is 11.4. The van der Waals surface area contributed by atoms with Crippen LogP contribution in [0.1, 0.15) is 49.4 Å². The fourth-order valence-corrected chi connectivity index (χ4v) is 4.25. The molecule has 4 rings (SSSR count). The summed E-state index contributed by atoms with van der Waals surface area (Å²) in [6.45, 7) is 7.74. The predicted molar refractivity (Wildman–Crippen MR) is 124 cm³/mol. The molecule has 2 aromatic carbocycles. The van der Waals surface area contributed by atoms with Crippen molar-refractivity contribution in [3.05, 3.63) is 58.7 Å². The average Bonchev–Trinajstić information content (AvgIpc) is 3.07. The van der Waals surface area contributed by atoms with E-state index in [1.807, 2.05) is 26.8 Å². The molecule has 0 aromatic heterocycles. The Balaban J connectivity index is 1.80. The van der Waals surface area contributed by atoms with Crippen molar-refractivity contribution in [2.45, 2.75) is 39.7 Å². The summed E-state index contributed by atoms with van der Waals surface area (Å²) in [5.74, 6) is 0.410. The number of benzene rings is 2.